The number of aryl methyl sites for hydroxylation is 1. The quantitative estimate of drug-likeness (QED) is 0.378. The maximum absolute atomic E-state index is 5.48. The second kappa shape index (κ2) is 8.98. The fourth-order valence-electron chi connectivity index (χ4n) is 4.46. The number of nitrogens with zero attached hydrogens (tertiary/aromatic N) is 11. The summed E-state index contributed by atoms with van der Waals surface area (Å²) in [4.78, 5) is 16.0. The van der Waals surface area contributed by atoms with Gasteiger partial charge in [0.25, 0.3) is 0 Å². The van der Waals surface area contributed by atoms with E-state index in [1.54, 1.807) is 6.20 Å². The first-order valence-corrected chi connectivity index (χ1v) is 12.0. The molecule has 5 aromatic heterocycles. The van der Waals surface area contributed by atoms with Gasteiger partial charge in [-0.3, -0.25) is 0 Å². The Bertz CT molecular complexity index is 1480. The molecule has 6 heterocycles. The average Bonchev–Trinajstić information content (AvgIpc) is 3.66. The number of anilines is 3. The first-order chi connectivity index (χ1) is 17.6. The van der Waals surface area contributed by atoms with Crippen LogP contribution in [-0.4, -0.2) is 63.0 Å². The van der Waals surface area contributed by atoms with Crippen LogP contribution in [0.5, 0.6) is 0 Å². The van der Waals surface area contributed by atoms with E-state index in [1.807, 2.05) is 35.8 Å². The first-order valence-electron chi connectivity index (χ1n) is 12.0. The highest BCUT2D eigenvalue weighted by molar-refractivity contribution is 5.74. The van der Waals surface area contributed by atoms with E-state index in [1.165, 1.54) is 11.0 Å². The minimum Gasteiger partial charge on any atom is -0.351 e. The van der Waals surface area contributed by atoms with Crippen LogP contribution in [0.4, 0.5) is 17.4 Å². The molecule has 0 spiro atoms. The molecule has 13 heteroatoms. The lowest BCUT2D eigenvalue weighted by molar-refractivity contribution is 0.385. The summed E-state index contributed by atoms with van der Waals surface area (Å²) in [6.07, 6.45) is 7.15. The van der Waals surface area contributed by atoms with Crippen LogP contribution >= 0.6 is 0 Å². The van der Waals surface area contributed by atoms with Gasteiger partial charge < -0.3 is 14.7 Å². The fraction of sp³-hybridized carbons (Fsp3) is 0.391. The fourth-order valence-corrected chi connectivity index (χ4v) is 4.46. The van der Waals surface area contributed by atoms with Crippen molar-refractivity contribution >= 4 is 23.0 Å². The van der Waals surface area contributed by atoms with Crippen LogP contribution in [0.3, 0.4) is 0 Å². The number of aromatic nitrogens is 10. The molecule has 1 aliphatic rings. The van der Waals surface area contributed by atoms with E-state index in [9.17, 15) is 0 Å². The summed E-state index contributed by atoms with van der Waals surface area (Å²) in [5, 5.41) is 23.4. The predicted octanol–water partition coefficient (Wildman–Crippen LogP) is 3.04. The van der Waals surface area contributed by atoms with Gasteiger partial charge in [-0.25, -0.2) is 14.5 Å². The molecule has 0 aromatic carbocycles. The number of imidazole rings is 1. The lowest BCUT2D eigenvalue weighted by Crippen LogP contribution is -2.33. The molecule has 0 saturated carbocycles. The average molecular weight is 487 g/mol. The zero-order chi connectivity index (χ0) is 24.6. The van der Waals surface area contributed by atoms with E-state index < -0.39 is 0 Å². The van der Waals surface area contributed by atoms with Crippen LogP contribution in [-0.2, 0) is 0 Å². The number of nitrogens with one attached hydrogen (secondary N) is 1. The van der Waals surface area contributed by atoms with E-state index in [0.717, 1.165) is 60.2 Å². The van der Waals surface area contributed by atoms with Crippen molar-refractivity contribution in [2.24, 2.45) is 0 Å². The summed E-state index contributed by atoms with van der Waals surface area (Å²) < 4.78 is 8.94. The van der Waals surface area contributed by atoms with E-state index in [2.05, 4.69) is 59.8 Å². The summed E-state index contributed by atoms with van der Waals surface area (Å²) in [6, 6.07) is 6.35. The van der Waals surface area contributed by atoms with Gasteiger partial charge in [0.15, 0.2) is 17.3 Å². The van der Waals surface area contributed by atoms with E-state index in [4.69, 9.17) is 9.51 Å². The zero-order valence-electron chi connectivity index (χ0n) is 20.3. The summed E-state index contributed by atoms with van der Waals surface area (Å²) in [7, 11) is 0. The van der Waals surface area contributed by atoms with Crippen molar-refractivity contribution in [3.8, 4) is 5.82 Å². The standard InChI is InChI=1S/C23H26N12O/c1-14(2)21-29-23(36-30-21)33-10-7-16(8-11-33)19-12-24-22-18(6-9-26-35(19)22)28-17-4-5-20(27-15(17)3)34-13-25-31-32-34/h4-6,9,12-14,16,28H,7-8,10-11H2,1-3H3. The summed E-state index contributed by atoms with van der Waals surface area (Å²) in [5.74, 6) is 1.98. The van der Waals surface area contributed by atoms with Gasteiger partial charge in [0.1, 0.15) is 6.33 Å². The van der Waals surface area contributed by atoms with E-state index >= 15 is 0 Å². The van der Waals surface area contributed by atoms with Crippen molar-refractivity contribution in [3.05, 3.63) is 54.1 Å². The number of hydrogen-bond acceptors (Lipinski definition) is 11. The van der Waals surface area contributed by atoms with E-state index in [-0.39, 0.29) is 5.92 Å². The molecule has 36 heavy (non-hydrogen) atoms. The molecule has 5 aromatic rings. The Morgan fingerprint density at radius 2 is 1.94 bits per heavy atom. The molecule has 184 valence electrons. The summed E-state index contributed by atoms with van der Waals surface area (Å²) >= 11 is 0. The molecular formula is C23H26N12O. The van der Waals surface area contributed by atoms with Gasteiger partial charge in [-0.15, -0.1) is 5.10 Å². The Balaban J connectivity index is 1.19. The van der Waals surface area contributed by atoms with Crippen molar-refractivity contribution in [1.29, 1.82) is 0 Å². The maximum atomic E-state index is 5.48. The topological polar surface area (TPSA) is 141 Å². The third kappa shape index (κ3) is 4.01. The Morgan fingerprint density at radius 3 is 2.67 bits per heavy atom. The number of pyridine rings is 1. The van der Waals surface area contributed by atoms with E-state index in [0.29, 0.717) is 17.8 Å². The van der Waals surface area contributed by atoms with Gasteiger partial charge >= 0.3 is 6.01 Å². The number of fused-ring (bicyclic) bond motifs is 1. The van der Waals surface area contributed by atoms with Crippen LogP contribution in [0, 0.1) is 6.92 Å². The lowest BCUT2D eigenvalue weighted by Gasteiger charge is -2.30. The Kier molecular flexibility index (Phi) is 5.51. The molecule has 13 nitrogen and oxygen atoms in total. The molecule has 1 fully saturated rings. The van der Waals surface area contributed by atoms with Crippen molar-refractivity contribution in [3.63, 3.8) is 0 Å². The number of piperidine rings is 1. The van der Waals surface area contributed by atoms with Crippen molar-refractivity contribution < 1.29 is 4.52 Å². The molecule has 0 unspecified atom stereocenters. The van der Waals surface area contributed by atoms with Gasteiger partial charge in [-0.1, -0.05) is 19.0 Å². The van der Waals surface area contributed by atoms with Crippen molar-refractivity contribution in [2.75, 3.05) is 23.3 Å². The normalized spacial score (nSPS) is 14.7. The Hall–Kier alpha value is -4.42. The van der Waals surface area contributed by atoms with Gasteiger partial charge in [-0.2, -0.15) is 14.8 Å². The summed E-state index contributed by atoms with van der Waals surface area (Å²) in [6.45, 7) is 7.74. The van der Waals surface area contributed by atoms with Gasteiger partial charge in [0, 0.05) is 24.9 Å². The van der Waals surface area contributed by atoms with Crippen LogP contribution in [0.2, 0.25) is 0 Å². The molecule has 0 bridgehead atoms. The van der Waals surface area contributed by atoms with Crippen LogP contribution in [0.1, 0.15) is 55.7 Å². The highest BCUT2D eigenvalue weighted by atomic mass is 16.5. The Labute approximate surface area is 206 Å². The van der Waals surface area contributed by atoms with Crippen LogP contribution in [0.25, 0.3) is 11.5 Å². The second-order valence-electron chi connectivity index (χ2n) is 9.20. The SMILES string of the molecule is Cc1nc(-n2cnnn2)ccc1Nc1ccnn2c(C3CCN(c4nc(C(C)C)no4)CC3)cnc12. The number of hydrogen-bond donors (Lipinski definition) is 1. The molecule has 1 saturated heterocycles. The Morgan fingerprint density at radius 1 is 1.08 bits per heavy atom. The highest BCUT2D eigenvalue weighted by Crippen LogP contribution is 2.32. The third-order valence-electron chi connectivity index (χ3n) is 6.48. The molecule has 1 N–H and O–H groups in total. The lowest BCUT2D eigenvalue weighted by atomic mass is 9.94. The van der Waals surface area contributed by atoms with Crippen LogP contribution < -0.4 is 10.2 Å². The second-order valence-corrected chi connectivity index (χ2v) is 9.20. The molecular weight excluding hydrogens is 460 g/mol. The minimum absolute atomic E-state index is 0.246. The largest absolute Gasteiger partial charge is 0.351 e. The summed E-state index contributed by atoms with van der Waals surface area (Å²) in [5.41, 5.74) is 4.43. The van der Waals surface area contributed by atoms with Gasteiger partial charge in [0.2, 0.25) is 0 Å². The number of rotatable bonds is 6. The zero-order valence-corrected chi connectivity index (χ0v) is 20.3. The molecule has 0 radical (unpaired) electrons. The van der Waals surface area contributed by atoms with Gasteiger partial charge in [-0.05, 0) is 48.4 Å². The third-order valence-corrected chi connectivity index (χ3v) is 6.48. The predicted molar refractivity (Wildman–Crippen MR) is 131 cm³/mol. The van der Waals surface area contributed by atoms with Crippen molar-refractivity contribution in [1.82, 2.24) is 49.9 Å². The maximum Gasteiger partial charge on any atom is 0.324 e. The molecule has 1 aliphatic heterocycles. The van der Waals surface area contributed by atoms with Crippen LogP contribution in [0.15, 0.2) is 41.4 Å². The molecule has 6 rings (SSSR count). The molecule has 0 amide bonds. The minimum atomic E-state index is 0.246. The number of tetrazole rings is 1. The smallest absolute Gasteiger partial charge is 0.324 e. The first kappa shape index (κ1) is 22.1. The van der Waals surface area contributed by atoms with Gasteiger partial charge in [0.05, 0.1) is 35.2 Å². The highest BCUT2D eigenvalue weighted by Gasteiger charge is 2.27. The van der Waals surface area contributed by atoms with Crippen molar-refractivity contribution in [2.45, 2.75) is 45.4 Å². The molecule has 0 aliphatic carbocycles. The molecule has 0 atom stereocenters. The monoisotopic (exact) mass is 486 g/mol.